The maximum absolute atomic E-state index is 12.2. The number of ketones is 2. The zero-order chi connectivity index (χ0) is 18.9. The first-order valence-electron chi connectivity index (χ1n) is 7.94. The van der Waals surface area contributed by atoms with E-state index in [0.29, 0.717) is 11.1 Å². The van der Waals surface area contributed by atoms with E-state index in [4.69, 9.17) is 0 Å². The molecular formula is C19H22O6. The Morgan fingerprint density at radius 2 is 1.72 bits per heavy atom. The lowest BCUT2D eigenvalue weighted by atomic mass is 9.64. The summed E-state index contributed by atoms with van der Waals surface area (Å²) in [5.41, 5.74) is -0.478. The summed E-state index contributed by atoms with van der Waals surface area (Å²) in [6, 6.07) is 6.25. The van der Waals surface area contributed by atoms with Crippen molar-refractivity contribution in [1.82, 2.24) is 0 Å². The first-order chi connectivity index (χ1) is 11.6. The summed E-state index contributed by atoms with van der Waals surface area (Å²) in [7, 11) is 1.27. The van der Waals surface area contributed by atoms with Crippen LogP contribution < -0.4 is 0 Å². The lowest BCUT2D eigenvalue weighted by molar-refractivity contribution is -0.132. The van der Waals surface area contributed by atoms with Crippen LogP contribution in [0.1, 0.15) is 49.0 Å². The number of allylic oxidation sites excluding steroid dienone is 1. The number of aliphatic hydroxyl groups is 2. The number of hydrogen-bond acceptors (Lipinski definition) is 6. The van der Waals surface area contributed by atoms with Crippen LogP contribution in [0.3, 0.4) is 0 Å². The summed E-state index contributed by atoms with van der Waals surface area (Å²) < 4.78 is 4.65. The topological polar surface area (TPSA) is 101 Å². The lowest BCUT2D eigenvalue weighted by Crippen LogP contribution is -2.47. The van der Waals surface area contributed by atoms with E-state index in [1.807, 2.05) is 0 Å². The highest BCUT2D eigenvalue weighted by Crippen LogP contribution is 2.47. The number of hydrogen-bond donors (Lipinski definition) is 2. The Kier molecular flexibility index (Phi) is 5.13. The van der Waals surface area contributed by atoms with Crippen molar-refractivity contribution in [3.63, 3.8) is 0 Å². The van der Waals surface area contributed by atoms with Gasteiger partial charge in [-0.15, -0.1) is 0 Å². The number of esters is 1. The summed E-state index contributed by atoms with van der Waals surface area (Å²) in [5, 5.41) is 21.0. The molecule has 1 aliphatic carbocycles. The maximum Gasteiger partial charge on any atom is 0.337 e. The van der Waals surface area contributed by atoms with Gasteiger partial charge in [-0.3, -0.25) is 9.59 Å². The minimum atomic E-state index is -1.49. The molecule has 0 fully saturated rings. The molecule has 1 aliphatic rings. The minimum Gasteiger partial charge on any atom is -0.512 e. The Hall–Kier alpha value is -2.47. The van der Waals surface area contributed by atoms with Crippen molar-refractivity contribution in [2.75, 3.05) is 7.11 Å². The van der Waals surface area contributed by atoms with E-state index in [0.717, 1.165) is 0 Å². The standard InChI is InChI=1S/C19H22O6/c1-10(20)15-14(22)9-19(3,24)17(11(2)21)16(15)12-5-7-13(8-6-12)18(23)25-4/h5-8,16-17,22,24H,9H2,1-4H3. The fourth-order valence-corrected chi connectivity index (χ4v) is 3.65. The maximum atomic E-state index is 12.2. The van der Waals surface area contributed by atoms with Crippen LogP contribution >= 0.6 is 0 Å². The summed E-state index contributed by atoms with van der Waals surface area (Å²) >= 11 is 0. The van der Waals surface area contributed by atoms with Crippen LogP contribution in [0, 0.1) is 5.92 Å². The van der Waals surface area contributed by atoms with Crippen molar-refractivity contribution in [3.8, 4) is 0 Å². The van der Waals surface area contributed by atoms with Gasteiger partial charge in [0.15, 0.2) is 5.78 Å². The SMILES string of the molecule is COC(=O)c1ccc(C2C(C(C)=O)=C(O)CC(C)(O)C2C(C)=O)cc1. The van der Waals surface area contributed by atoms with Crippen molar-refractivity contribution >= 4 is 17.5 Å². The van der Waals surface area contributed by atoms with Crippen molar-refractivity contribution in [2.24, 2.45) is 5.92 Å². The fourth-order valence-electron chi connectivity index (χ4n) is 3.65. The second kappa shape index (κ2) is 6.80. The minimum absolute atomic E-state index is 0.123. The van der Waals surface area contributed by atoms with E-state index >= 15 is 0 Å². The van der Waals surface area contributed by atoms with E-state index < -0.39 is 23.4 Å². The molecule has 3 unspecified atom stereocenters. The molecule has 0 aliphatic heterocycles. The van der Waals surface area contributed by atoms with E-state index in [2.05, 4.69) is 4.74 Å². The Bertz CT molecular complexity index is 742. The van der Waals surface area contributed by atoms with Gasteiger partial charge in [-0.25, -0.2) is 4.79 Å². The Morgan fingerprint density at radius 1 is 1.16 bits per heavy atom. The molecule has 1 aromatic carbocycles. The van der Waals surface area contributed by atoms with Crippen molar-refractivity contribution in [1.29, 1.82) is 0 Å². The third kappa shape index (κ3) is 3.49. The molecule has 1 aromatic rings. The van der Waals surface area contributed by atoms with Crippen LogP contribution in [-0.4, -0.2) is 40.5 Å². The number of carbonyl (C=O) groups is 3. The summed E-state index contributed by atoms with van der Waals surface area (Å²) in [6.07, 6.45) is -0.164. The van der Waals surface area contributed by atoms with Crippen molar-refractivity contribution in [3.05, 3.63) is 46.7 Å². The van der Waals surface area contributed by atoms with Crippen LogP contribution in [0.2, 0.25) is 0 Å². The van der Waals surface area contributed by atoms with Crippen LogP contribution in [0.4, 0.5) is 0 Å². The van der Waals surface area contributed by atoms with Gasteiger partial charge in [0.2, 0.25) is 0 Å². The van der Waals surface area contributed by atoms with Gasteiger partial charge < -0.3 is 14.9 Å². The predicted molar refractivity (Wildman–Crippen MR) is 90.3 cm³/mol. The molecule has 2 rings (SSSR count). The molecule has 0 spiro atoms. The van der Waals surface area contributed by atoms with Crippen molar-refractivity contribution in [2.45, 2.75) is 38.7 Å². The summed E-state index contributed by atoms with van der Waals surface area (Å²) in [5.74, 6) is -3.02. The molecule has 6 heteroatoms. The fraction of sp³-hybridized carbons (Fsp3) is 0.421. The van der Waals surface area contributed by atoms with Crippen LogP contribution in [0.15, 0.2) is 35.6 Å². The average molecular weight is 346 g/mol. The van der Waals surface area contributed by atoms with Crippen LogP contribution in [-0.2, 0) is 14.3 Å². The Balaban J connectivity index is 2.62. The molecule has 25 heavy (non-hydrogen) atoms. The number of carbonyl (C=O) groups excluding carboxylic acids is 3. The Labute approximate surface area is 146 Å². The summed E-state index contributed by atoms with van der Waals surface area (Å²) in [4.78, 5) is 35.9. The summed E-state index contributed by atoms with van der Waals surface area (Å²) in [6.45, 7) is 4.15. The zero-order valence-corrected chi connectivity index (χ0v) is 14.7. The molecule has 0 bridgehead atoms. The molecular weight excluding hydrogens is 324 g/mol. The molecule has 0 saturated heterocycles. The number of Topliss-reactive ketones (excluding diaryl/α,β-unsaturated/α-hetero) is 2. The molecule has 0 heterocycles. The third-order valence-corrected chi connectivity index (χ3v) is 4.66. The van der Waals surface area contributed by atoms with Gasteiger partial charge >= 0.3 is 5.97 Å². The molecule has 2 N–H and O–H groups in total. The normalized spacial score (nSPS) is 26.3. The first-order valence-corrected chi connectivity index (χ1v) is 7.94. The smallest absolute Gasteiger partial charge is 0.337 e. The second-order valence-corrected chi connectivity index (χ2v) is 6.63. The second-order valence-electron chi connectivity index (χ2n) is 6.63. The molecule has 6 nitrogen and oxygen atoms in total. The van der Waals surface area contributed by atoms with Gasteiger partial charge in [0.25, 0.3) is 0 Å². The van der Waals surface area contributed by atoms with Crippen molar-refractivity contribution < 1.29 is 29.3 Å². The monoisotopic (exact) mass is 346 g/mol. The van der Waals surface area contributed by atoms with Gasteiger partial charge in [0, 0.05) is 17.9 Å². The van der Waals surface area contributed by atoms with Gasteiger partial charge in [-0.05, 0) is 38.5 Å². The number of rotatable bonds is 4. The molecule has 134 valence electrons. The molecule has 3 atom stereocenters. The average Bonchev–Trinajstić information content (AvgIpc) is 2.51. The van der Waals surface area contributed by atoms with Gasteiger partial charge in [0.05, 0.1) is 24.2 Å². The number of benzene rings is 1. The molecule has 0 amide bonds. The molecule has 0 radical (unpaired) electrons. The quantitative estimate of drug-likeness (QED) is 0.812. The third-order valence-electron chi connectivity index (χ3n) is 4.66. The highest BCUT2D eigenvalue weighted by atomic mass is 16.5. The van der Waals surface area contributed by atoms with Gasteiger partial charge in [-0.2, -0.15) is 0 Å². The number of ether oxygens (including phenoxy) is 1. The number of methoxy groups -OCH3 is 1. The zero-order valence-electron chi connectivity index (χ0n) is 14.7. The van der Waals surface area contributed by atoms with Gasteiger partial charge in [-0.1, -0.05) is 12.1 Å². The lowest BCUT2D eigenvalue weighted by Gasteiger charge is -2.42. The first kappa shape index (κ1) is 18.9. The van der Waals surface area contributed by atoms with Gasteiger partial charge in [0.1, 0.15) is 11.5 Å². The van der Waals surface area contributed by atoms with E-state index in [1.54, 1.807) is 12.1 Å². The molecule has 0 aromatic heterocycles. The number of aliphatic hydroxyl groups excluding tert-OH is 1. The largest absolute Gasteiger partial charge is 0.512 e. The van der Waals surface area contributed by atoms with E-state index in [9.17, 15) is 24.6 Å². The highest BCUT2D eigenvalue weighted by Gasteiger charge is 2.49. The van der Waals surface area contributed by atoms with Crippen LogP contribution in [0.25, 0.3) is 0 Å². The predicted octanol–water partition coefficient (Wildman–Crippen LogP) is 2.32. The Morgan fingerprint density at radius 3 is 2.16 bits per heavy atom. The highest BCUT2D eigenvalue weighted by molar-refractivity contribution is 5.98. The van der Waals surface area contributed by atoms with Crippen LogP contribution in [0.5, 0.6) is 0 Å². The van der Waals surface area contributed by atoms with E-state index in [-0.39, 0.29) is 29.3 Å². The van der Waals surface area contributed by atoms with E-state index in [1.165, 1.54) is 40.0 Å². The molecule has 0 saturated carbocycles.